The Kier molecular flexibility index (Phi) is 5.48. The van der Waals surface area contributed by atoms with Gasteiger partial charge in [0, 0.05) is 5.56 Å². The summed E-state index contributed by atoms with van der Waals surface area (Å²) in [6, 6.07) is 5.57. The van der Waals surface area contributed by atoms with Gasteiger partial charge in [0.05, 0.1) is 35.4 Å². The zero-order valence-corrected chi connectivity index (χ0v) is 15.2. The van der Waals surface area contributed by atoms with Crippen LogP contribution in [0.5, 0.6) is 5.75 Å². The molecular weight excluding hydrogens is 338 g/mol. The molecule has 132 valence electrons. The summed E-state index contributed by atoms with van der Waals surface area (Å²) in [7, 11) is 1.43. The fourth-order valence-corrected chi connectivity index (χ4v) is 4.07. The van der Waals surface area contributed by atoms with E-state index in [0.29, 0.717) is 12.0 Å². The molecule has 5 nitrogen and oxygen atoms in total. The Morgan fingerprint density at radius 2 is 2.16 bits per heavy atom. The molecule has 2 aromatic rings. The van der Waals surface area contributed by atoms with E-state index in [1.807, 2.05) is 24.4 Å². The van der Waals surface area contributed by atoms with Crippen molar-refractivity contribution in [2.75, 3.05) is 7.11 Å². The van der Waals surface area contributed by atoms with E-state index < -0.39 is 0 Å². The minimum Gasteiger partial charge on any atom is -0.489 e. The van der Waals surface area contributed by atoms with Crippen LogP contribution in [0.1, 0.15) is 41.7 Å². The first-order valence-corrected chi connectivity index (χ1v) is 9.25. The Hall–Kier alpha value is -2.21. The van der Waals surface area contributed by atoms with Gasteiger partial charge in [0.25, 0.3) is 0 Å². The minimum atomic E-state index is -0.155. The first kappa shape index (κ1) is 17.6. The van der Waals surface area contributed by atoms with Crippen LogP contribution in [0.15, 0.2) is 23.6 Å². The predicted octanol–water partition coefficient (Wildman–Crippen LogP) is 4.04. The van der Waals surface area contributed by atoms with Gasteiger partial charge in [-0.25, -0.2) is 4.98 Å². The number of hydrogen-bond acceptors (Lipinski definition) is 6. The van der Waals surface area contributed by atoms with Crippen molar-refractivity contribution >= 4 is 23.6 Å². The van der Waals surface area contributed by atoms with Crippen molar-refractivity contribution in [2.45, 2.75) is 38.7 Å². The summed E-state index contributed by atoms with van der Waals surface area (Å²) in [4.78, 5) is 28.3. The number of aromatic nitrogens is 1. The molecule has 0 saturated heterocycles. The van der Waals surface area contributed by atoms with Crippen molar-refractivity contribution < 1.29 is 19.1 Å². The number of aryl methyl sites for hydroxylation is 1. The van der Waals surface area contributed by atoms with Crippen molar-refractivity contribution in [1.82, 2.24) is 4.98 Å². The lowest BCUT2D eigenvalue weighted by Crippen LogP contribution is -2.30. The Morgan fingerprint density at radius 1 is 1.32 bits per heavy atom. The van der Waals surface area contributed by atoms with Gasteiger partial charge in [-0.05, 0) is 56.2 Å². The molecule has 0 aliphatic heterocycles. The first-order valence-electron chi connectivity index (χ1n) is 8.37. The molecule has 2 atom stereocenters. The first-order chi connectivity index (χ1) is 12.1. The number of thiophene rings is 1. The van der Waals surface area contributed by atoms with Gasteiger partial charge in [0.2, 0.25) is 0 Å². The quantitative estimate of drug-likeness (QED) is 0.595. The third kappa shape index (κ3) is 3.90. The lowest BCUT2D eigenvalue weighted by molar-refractivity contribution is -0.147. The van der Waals surface area contributed by atoms with Crippen molar-refractivity contribution in [1.29, 1.82) is 0 Å². The third-order valence-corrected chi connectivity index (χ3v) is 5.50. The standard InChI is InChI=1S/C19H21NO4S/c1-12-17(24-15-5-3-4-13(10-15)19(22)23-2)7-6-16(20-12)18-14(11-21)8-9-25-18/h6-9,11,13,15H,3-5,10H2,1-2H3/t13-,15-/m0/s1. The average molecular weight is 359 g/mol. The third-order valence-electron chi connectivity index (χ3n) is 4.55. The largest absolute Gasteiger partial charge is 0.489 e. The van der Waals surface area contributed by atoms with Crippen molar-refractivity contribution in [3.8, 4) is 16.3 Å². The van der Waals surface area contributed by atoms with Gasteiger partial charge in [-0.15, -0.1) is 11.3 Å². The maximum absolute atomic E-state index is 11.8. The van der Waals surface area contributed by atoms with Crippen LogP contribution in [0.25, 0.3) is 10.6 Å². The minimum absolute atomic E-state index is 0.00326. The van der Waals surface area contributed by atoms with Gasteiger partial charge in [0.1, 0.15) is 5.75 Å². The maximum atomic E-state index is 11.8. The average Bonchev–Trinajstić information content (AvgIpc) is 3.11. The van der Waals surface area contributed by atoms with Gasteiger partial charge in [-0.2, -0.15) is 0 Å². The fraction of sp³-hybridized carbons (Fsp3) is 0.421. The highest BCUT2D eigenvalue weighted by molar-refractivity contribution is 7.13. The molecule has 1 aliphatic carbocycles. The molecule has 0 spiro atoms. The van der Waals surface area contributed by atoms with E-state index >= 15 is 0 Å². The second-order valence-electron chi connectivity index (χ2n) is 6.23. The molecule has 2 aromatic heterocycles. The molecule has 0 amide bonds. The van der Waals surface area contributed by atoms with Crippen LogP contribution in [0.3, 0.4) is 0 Å². The summed E-state index contributed by atoms with van der Waals surface area (Å²) in [6.07, 6.45) is 4.25. The van der Waals surface area contributed by atoms with Gasteiger partial charge in [0.15, 0.2) is 6.29 Å². The summed E-state index contributed by atoms with van der Waals surface area (Å²) >= 11 is 1.50. The van der Waals surface area contributed by atoms with E-state index in [9.17, 15) is 9.59 Å². The van der Waals surface area contributed by atoms with Crippen LogP contribution in [-0.4, -0.2) is 30.5 Å². The number of aldehydes is 1. The van der Waals surface area contributed by atoms with Gasteiger partial charge < -0.3 is 9.47 Å². The molecule has 2 heterocycles. The number of carbonyl (C=O) groups excluding carboxylic acids is 2. The Balaban J connectivity index is 1.73. The summed E-state index contributed by atoms with van der Waals surface area (Å²) < 4.78 is 11.0. The van der Waals surface area contributed by atoms with Crippen LogP contribution in [0.4, 0.5) is 0 Å². The van der Waals surface area contributed by atoms with E-state index in [2.05, 4.69) is 4.98 Å². The number of esters is 1. The van der Waals surface area contributed by atoms with Gasteiger partial charge in [-0.3, -0.25) is 9.59 Å². The maximum Gasteiger partial charge on any atom is 0.308 e. The van der Waals surface area contributed by atoms with Crippen LogP contribution in [0, 0.1) is 12.8 Å². The number of pyridine rings is 1. The van der Waals surface area contributed by atoms with Crippen LogP contribution in [-0.2, 0) is 9.53 Å². The van der Waals surface area contributed by atoms with Crippen LogP contribution < -0.4 is 4.74 Å². The normalized spacial score (nSPS) is 20.1. The molecule has 1 aliphatic rings. The molecule has 0 N–H and O–H groups in total. The highest BCUT2D eigenvalue weighted by Crippen LogP contribution is 2.32. The van der Waals surface area contributed by atoms with Crippen molar-refractivity contribution in [2.24, 2.45) is 5.92 Å². The number of ether oxygens (including phenoxy) is 2. The predicted molar refractivity (Wildman–Crippen MR) is 96.1 cm³/mol. The van der Waals surface area contributed by atoms with E-state index in [0.717, 1.165) is 47.6 Å². The monoisotopic (exact) mass is 359 g/mol. The molecule has 0 aromatic carbocycles. The Morgan fingerprint density at radius 3 is 2.88 bits per heavy atom. The van der Waals surface area contributed by atoms with Gasteiger partial charge >= 0.3 is 5.97 Å². The van der Waals surface area contributed by atoms with Gasteiger partial charge in [-0.1, -0.05) is 0 Å². The zero-order chi connectivity index (χ0) is 17.8. The second-order valence-corrected chi connectivity index (χ2v) is 7.15. The molecule has 0 radical (unpaired) electrons. The Labute approximate surface area is 151 Å². The van der Waals surface area contributed by atoms with Crippen molar-refractivity contribution in [3.05, 3.63) is 34.8 Å². The smallest absolute Gasteiger partial charge is 0.308 e. The van der Waals surface area contributed by atoms with E-state index in [1.165, 1.54) is 18.4 Å². The topological polar surface area (TPSA) is 65.5 Å². The molecular formula is C19H21NO4S. The number of methoxy groups -OCH3 is 1. The van der Waals surface area contributed by atoms with E-state index in [1.54, 1.807) is 6.07 Å². The number of nitrogens with zero attached hydrogens (tertiary/aromatic N) is 1. The summed E-state index contributed by atoms with van der Waals surface area (Å²) in [5, 5.41) is 1.88. The molecule has 25 heavy (non-hydrogen) atoms. The number of rotatable bonds is 5. The lowest BCUT2D eigenvalue weighted by atomic mass is 9.87. The molecule has 3 rings (SSSR count). The molecule has 1 fully saturated rings. The summed E-state index contributed by atoms with van der Waals surface area (Å²) in [6.45, 7) is 1.90. The molecule has 1 saturated carbocycles. The number of carbonyl (C=O) groups is 2. The molecule has 0 bridgehead atoms. The Bertz CT molecular complexity index is 771. The van der Waals surface area contributed by atoms with Crippen LogP contribution >= 0.6 is 11.3 Å². The highest BCUT2D eigenvalue weighted by atomic mass is 32.1. The van der Waals surface area contributed by atoms with E-state index in [-0.39, 0.29) is 18.0 Å². The summed E-state index contributed by atoms with van der Waals surface area (Å²) in [5.41, 5.74) is 2.21. The van der Waals surface area contributed by atoms with E-state index in [4.69, 9.17) is 9.47 Å². The van der Waals surface area contributed by atoms with Crippen molar-refractivity contribution in [3.63, 3.8) is 0 Å². The highest BCUT2D eigenvalue weighted by Gasteiger charge is 2.29. The molecule has 6 heteroatoms. The fourth-order valence-electron chi connectivity index (χ4n) is 3.23. The number of hydrogen-bond donors (Lipinski definition) is 0. The van der Waals surface area contributed by atoms with Crippen LogP contribution in [0.2, 0.25) is 0 Å². The zero-order valence-electron chi connectivity index (χ0n) is 14.4. The SMILES string of the molecule is COC(=O)[C@H]1CCC[C@H](Oc2ccc(-c3sccc3C=O)nc2C)C1. The second kappa shape index (κ2) is 7.78. The molecule has 0 unspecified atom stereocenters. The summed E-state index contributed by atoms with van der Waals surface area (Å²) in [5.74, 6) is 0.485. The lowest BCUT2D eigenvalue weighted by Gasteiger charge is -2.28.